The van der Waals surface area contributed by atoms with Crippen molar-refractivity contribution >= 4 is 34.0 Å². The Morgan fingerprint density at radius 1 is 1.12 bits per heavy atom. The second-order valence-corrected chi connectivity index (χ2v) is 8.40. The molecule has 2 atom stereocenters. The minimum atomic E-state index is -0.548. The maximum Gasteiger partial charge on any atom is 0.257 e. The number of aromatic nitrogens is 4. The first-order valence-electron chi connectivity index (χ1n) is 10.6. The number of carbonyl (C=O) groups is 1. The summed E-state index contributed by atoms with van der Waals surface area (Å²) >= 11 is 0. The average molecular weight is 433 g/mol. The molecular formula is C23H24FN7O. The fourth-order valence-electron chi connectivity index (χ4n) is 4.42. The highest BCUT2D eigenvalue weighted by atomic mass is 19.1. The lowest BCUT2D eigenvalue weighted by Gasteiger charge is -2.38. The standard InChI is InChI=1S/C23H24FN7O/c1-13-9-30(10-14(2)27-13)19-5-4-18(20-21(19)26-7-6-25-20)29-23(32)16-8-17(24)22-28-15(3)11-31(22)12-16/h4-8,11-14,27H,9-10H2,1-3H3,(H,29,32)/t13-,14+. The van der Waals surface area contributed by atoms with Crippen LogP contribution in [-0.4, -0.2) is 50.4 Å². The van der Waals surface area contributed by atoms with Crippen molar-refractivity contribution < 1.29 is 9.18 Å². The fourth-order valence-corrected chi connectivity index (χ4v) is 4.42. The number of anilines is 2. The molecule has 4 aromatic rings. The molecule has 0 saturated carbocycles. The highest BCUT2D eigenvalue weighted by Crippen LogP contribution is 2.31. The largest absolute Gasteiger partial charge is 0.367 e. The van der Waals surface area contributed by atoms with Gasteiger partial charge in [0.15, 0.2) is 11.5 Å². The number of rotatable bonds is 3. The van der Waals surface area contributed by atoms with Crippen LogP contribution in [0.4, 0.5) is 15.8 Å². The van der Waals surface area contributed by atoms with Crippen LogP contribution in [0.2, 0.25) is 0 Å². The van der Waals surface area contributed by atoms with Gasteiger partial charge in [-0.1, -0.05) is 0 Å². The van der Waals surface area contributed by atoms with Crippen molar-refractivity contribution in [1.82, 2.24) is 24.7 Å². The third-order valence-electron chi connectivity index (χ3n) is 5.64. The quantitative estimate of drug-likeness (QED) is 0.516. The van der Waals surface area contributed by atoms with E-state index in [0.717, 1.165) is 24.3 Å². The number of benzene rings is 1. The zero-order valence-electron chi connectivity index (χ0n) is 18.1. The van der Waals surface area contributed by atoms with Gasteiger partial charge in [0.05, 0.1) is 22.6 Å². The van der Waals surface area contributed by atoms with Gasteiger partial charge >= 0.3 is 0 Å². The van der Waals surface area contributed by atoms with Gasteiger partial charge < -0.3 is 19.9 Å². The van der Waals surface area contributed by atoms with Crippen LogP contribution < -0.4 is 15.5 Å². The van der Waals surface area contributed by atoms with Crippen LogP contribution in [0.1, 0.15) is 29.9 Å². The molecule has 5 rings (SSSR count). The SMILES string of the molecule is Cc1cn2cc(C(=O)Nc3ccc(N4C[C@@H](C)N[C@@H](C)C4)c4nccnc34)cc(F)c2n1. The molecule has 1 aromatic carbocycles. The minimum Gasteiger partial charge on any atom is -0.367 e. The first-order valence-corrected chi connectivity index (χ1v) is 10.6. The highest BCUT2D eigenvalue weighted by molar-refractivity contribution is 6.09. The molecule has 1 saturated heterocycles. The lowest BCUT2D eigenvalue weighted by molar-refractivity contribution is 0.102. The number of fused-ring (bicyclic) bond motifs is 2. The molecule has 4 heterocycles. The summed E-state index contributed by atoms with van der Waals surface area (Å²) in [5, 5.41) is 6.40. The number of carbonyl (C=O) groups excluding carboxylic acids is 1. The Labute approximate surface area is 184 Å². The minimum absolute atomic E-state index is 0.193. The van der Waals surface area contributed by atoms with E-state index in [1.165, 1.54) is 10.5 Å². The van der Waals surface area contributed by atoms with Crippen LogP contribution in [-0.2, 0) is 0 Å². The summed E-state index contributed by atoms with van der Waals surface area (Å²) in [7, 11) is 0. The van der Waals surface area contributed by atoms with Gasteiger partial charge in [0.25, 0.3) is 5.91 Å². The van der Waals surface area contributed by atoms with Crippen molar-refractivity contribution in [3.05, 3.63) is 60.1 Å². The Balaban J connectivity index is 1.49. The van der Waals surface area contributed by atoms with Crippen molar-refractivity contribution in [1.29, 1.82) is 0 Å². The number of hydrogen-bond acceptors (Lipinski definition) is 6. The van der Waals surface area contributed by atoms with Crippen molar-refractivity contribution in [3.63, 3.8) is 0 Å². The van der Waals surface area contributed by atoms with E-state index in [1.807, 2.05) is 12.1 Å². The van der Waals surface area contributed by atoms with Crippen LogP contribution in [0.25, 0.3) is 16.7 Å². The number of piperazine rings is 1. The van der Waals surface area contributed by atoms with Gasteiger partial charge in [-0.2, -0.15) is 0 Å². The molecule has 0 radical (unpaired) electrons. The van der Waals surface area contributed by atoms with E-state index in [0.29, 0.717) is 29.0 Å². The molecule has 3 aromatic heterocycles. The molecule has 0 unspecified atom stereocenters. The Kier molecular flexibility index (Phi) is 4.97. The van der Waals surface area contributed by atoms with Crippen LogP contribution >= 0.6 is 0 Å². The summed E-state index contributed by atoms with van der Waals surface area (Å²) in [5.74, 6) is -0.978. The third-order valence-corrected chi connectivity index (χ3v) is 5.64. The van der Waals surface area contributed by atoms with Gasteiger partial charge in [-0.15, -0.1) is 0 Å². The Morgan fingerprint density at radius 3 is 2.59 bits per heavy atom. The van der Waals surface area contributed by atoms with E-state index in [9.17, 15) is 9.18 Å². The van der Waals surface area contributed by atoms with Gasteiger partial charge in [-0.3, -0.25) is 14.8 Å². The van der Waals surface area contributed by atoms with Crippen molar-refractivity contribution in [2.24, 2.45) is 0 Å². The molecule has 164 valence electrons. The molecule has 1 aliphatic rings. The number of halogens is 1. The van der Waals surface area contributed by atoms with Crippen molar-refractivity contribution in [3.8, 4) is 0 Å². The van der Waals surface area contributed by atoms with Gasteiger partial charge in [0.1, 0.15) is 11.0 Å². The van der Waals surface area contributed by atoms with Gasteiger partial charge in [0.2, 0.25) is 0 Å². The lowest BCUT2D eigenvalue weighted by atomic mass is 10.1. The van der Waals surface area contributed by atoms with Crippen LogP contribution in [0.5, 0.6) is 0 Å². The van der Waals surface area contributed by atoms with E-state index >= 15 is 0 Å². The zero-order valence-corrected chi connectivity index (χ0v) is 18.1. The summed E-state index contributed by atoms with van der Waals surface area (Å²) in [6.07, 6.45) is 6.50. The van der Waals surface area contributed by atoms with E-state index in [-0.39, 0.29) is 11.2 Å². The van der Waals surface area contributed by atoms with Gasteiger partial charge in [-0.05, 0) is 39.0 Å². The van der Waals surface area contributed by atoms with Crippen LogP contribution in [0.15, 0.2) is 43.0 Å². The van der Waals surface area contributed by atoms with E-state index in [4.69, 9.17) is 0 Å². The molecule has 8 nitrogen and oxygen atoms in total. The number of nitrogens with zero attached hydrogens (tertiary/aromatic N) is 5. The van der Waals surface area contributed by atoms with Crippen LogP contribution in [0, 0.1) is 12.7 Å². The highest BCUT2D eigenvalue weighted by Gasteiger charge is 2.24. The molecule has 0 spiro atoms. The molecule has 9 heteroatoms. The molecule has 0 aliphatic carbocycles. The number of aryl methyl sites for hydroxylation is 1. The summed E-state index contributed by atoms with van der Waals surface area (Å²) in [5.41, 5.74) is 3.89. The Bertz CT molecular complexity index is 1320. The first kappa shape index (κ1) is 20.3. The third kappa shape index (κ3) is 3.64. The maximum absolute atomic E-state index is 14.4. The van der Waals surface area contributed by atoms with Crippen LogP contribution in [0.3, 0.4) is 0 Å². The van der Waals surface area contributed by atoms with E-state index < -0.39 is 11.7 Å². The predicted octanol–water partition coefficient (Wildman–Crippen LogP) is 3.16. The predicted molar refractivity (Wildman–Crippen MR) is 122 cm³/mol. The maximum atomic E-state index is 14.4. The number of pyridine rings is 1. The molecule has 2 N–H and O–H groups in total. The molecule has 0 bridgehead atoms. The topological polar surface area (TPSA) is 87.5 Å². The molecule has 1 amide bonds. The lowest BCUT2D eigenvalue weighted by Crippen LogP contribution is -2.54. The van der Waals surface area contributed by atoms with Gasteiger partial charge in [-0.25, -0.2) is 9.37 Å². The number of amides is 1. The first-order chi connectivity index (χ1) is 15.4. The molecular weight excluding hydrogens is 409 g/mol. The van der Waals surface area contributed by atoms with Crippen molar-refractivity contribution in [2.45, 2.75) is 32.9 Å². The smallest absolute Gasteiger partial charge is 0.257 e. The summed E-state index contributed by atoms with van der Waals surface area (Å²) in [4.78, 5) is 28.4. The normalized spacial score (nSPS) is 18.9. The van der Waals surface area contributed by atoms with E-state index in [2.05, 4.69) is 44.3 Å². The second-order valence-electron chi connectivity index (χ2n) is 8.40. The van der Waals surface area contributed by atoms with E-state index in [1.54, 1.807) is 31.7 Å². The fraction of sp³-hybridized carbons (Fsp3) is 0.304. The monoisotopic (exact) mass is 433 g/mol. The Morgan fingerprint density at radius 2 is 1.84 bits per heavy atom. The summed E-state index contributed by atoms with van der Waals surface area (Å²) < 4.78 is 16.0. The molecule has 1 fully saturated rings. The average Bonchev–Trinajstić information content (AvgIpc) is 3.14. The number of hydrogen-bond donors (Lipinski definition) is 2. The molecule has 1 aliphatic heterocycles. The number of nitrogens with one attached hydrogen (secondary N) is 2. The van der Waals surface area contributed by atoms with Gasteiger partial charge in [0, 0.05) is 50.0 Å². The second kappa shape index (κ2) is 7.83. The summed E-state index contributed by atoms with van der Waals surface area (Å²) in [6, 6.07) is 5.68. The zero-order chi connectivity index (χ0) is 22.4. The summed E-state index contributed by atoms with van der Waals surface area (Å²) in [6.45, 7) is 7.79. The molecule has 32 heavy (non-hydrogen) atoms. The number of imidazole rings is 1. The Hall–Kier alpha value is -3.59. The van der Waals surface area contributed by atoms with Crippen molar-refractivity contribution in [2.75, 3.05) is 23.3 Å².